The number of aryl methyl sites for hydroxylation is 1. The van der Waals surface area contributed by atoms with Crippen LogP contribution in [0.4, 0.5) is 0 Å². The summed E-state index contributed by atoms with van der Waals surface area (Å²) in [5.41, 5.74) is 0. The van der Waals surface area contributed by atoms with Gasteiger partial charge in [0.1, 0.15) is 5.15 Å². The van der Waals surface area contributed by atoms with Crippen LogP contribution in [0.3, 0.4) is 0 Å². The second-order valence-electron chi connectivity index (χ2n) is 4.32. The third-order valence-electron chi connectivity index (χ3n) is 3.16. The molecular formula is C10H16ClN3O3S. The first-order valence-electron chi connectivity index (χ1n) is 5.67. The number of nitrogens with zero attached hydrogens (tertiary/aromatic N) is 3. The van der Waals surface area contributed by atoms with Gasteiger partial charge in [-0.25, -0.2) is 13.4 Å². The molecule has 0 amide bonds. The lowest BCUT2D eigenvalue weighted by Gasteiger charge is -2.29. The molecule has 0 spiro atoms. The first-order valence-corrected chi connectivity index (χ1v) is 7.49. The van der Waals surface area contributed by atoms with Gasteiger partial charge in [-0.2, -0.15) is 4.31 Å². The van der Waals surface area contributed by atoms with E-state index in [0.29, 0.717) is 26.1 Å². The highest BCUT2D eigenvalue weighted by Crippen LogP contribution is 2.25. The highest BCUT2D eigenvalue weighted by atomic mass is 35.5. The van der Waals surface area contributed by atoms with E-state index in [9.17, 15) is 8.42 Å². The summed E-state index contributed by atoms with van der Waals surface area (Å²) in [6.45, 7) is 1.17. The van der Waals surface area contributed by atoms with Crippen LogP contribution in [0, 0.1) is 0 Å². The number of halogens is 1. The summed E-state index contributed by atoms with van der Waals surface area (Å²) in [6.07, 6.45) is 2.79. The molecule has 1 saturated heterocycles. The van der Waals surface area contributed by atoms with E-state index in [4.69, 9.17) is 16.3 Å². The van der Waals surface area contributed by atoms with Gasteiger partial charge in [-0.05, 0) is 12.8 Å². The van der Waals surface area contributed by atoms with Crippen LogP contribution in [0.15, 0.2) is 11.4 Å². The summed E-state index contributed by atoms with van der Waals surface area (Å²) in [5.74, 6) is 0. The predicted molar refractivity (Wildman–Crippen MR) is 67.0 cm³/mol. The Kier molecular flexibility index (Phi) is 3.96. The summed E-state index contributed by atoms with van der Waals surface area (Å²) in [4.78, 5) is 3.87. The van der Waals surface area contributed by atoms with Gasteiger partial charge in [-0.3, -0.25) is 0 Å². The maximum Gasteiger partial charge on any atom is 0.263 e. The summed E-state index contributed by atoms with van der Waals surface area (Å²) >= 11 is 5.95. The van der Waals surface area contributed by atoms with Gasteiger partial charge < -0.3 is 9.30 Å². The number of sulfonamides is 1. The number of hydrogen-bond donors (Lipinski definition) is 0. The van der Waals surface area contributed by atoms with E-state index in [-0.39, 0.29) is 16.2 Å². The van der Waals surface area contributed by atoms with E-state index < -0.39 is 10.0 Å². The van der Waals surface area contributed by atoms with Gasteiger partial charge in [0.25, 0.3) is 10.0 Å². The van der Waals surface area contributed by atoms with Crippen molar-refractivity contribution < 1.29 is 13.2 Å². The van der Waals surface area contributed by atoms with Gasteiger partial charge in [0, 0.05) is 33.4 Å². The van der Waals surface area contributed by atoms with Crippen LogP contribution in [0.5, 0.6) is 0 Å². The topological polar surface area (TPSA) is 64.4 Å². The Morgan fingerprint density at radius 2 is 2.11 bits per heavy atom. The fourth-order valence-corrected chi connectivity index (χ4v) is 3.75. The quantitative estimate of drug-likeness (QED) is 0.830. The fourth-order valence-electron chi connectivity index (χ4n) is 1.95. The SMILES string of the molecule is CN(C1CCOCC1)S(=O)(=O)c1ncn(C)c1Cl. The standard InChI is InChI=1S/C10H16ClN3O3S/c1-13-7-12-10(9(13)11)18(15,16)14(2)8-3-5-17-6-4-8/h7-8H,3-6H2,1-2H3. The van der Waals surface area contributed by atoms with Crippen molar-refractivity contribution in [3.8, 4) is 0 Å². The molecule has 0 bridgehead atoms. The van der Waals surface area contributed by atoms with E-state index in [0.717, 1.165) is 0 Å². The molecule has 2 rings (SSSR count). The van der Waals surface area contributed by atoms with Crippen LogP contribution >= 0.6 is 11.6 Å². The molecule has 6 nitrogen and oxygen atoms in total. The van der Waals surface area contributed by atoms with Crippen LogP contribution in [0.25, 0.3) is 0 Å². The van der Waals surface area contributed by atoms with Crippen molar-refractivity contribution in [2.24, 2.45) is 7.05 Å². The normalized spacial score (nSPS) is 18.4. The molecule has 1 aromatic heterocycles. The molecule has 0 aliphatic carbocycles. The van der Waals surface area contributed by atoms with Crippen molar-refractivity contribution in [3.05, 3.63) is 11.5 Å². The Labute approximate surface area is 112 Å². The Morgan fingerprint density at radius 3 is 2.61 bits per heavy atom. The van der Waals surface area contributed by atoms with Gasteiger partial charge in [0.2, 0.25) is 5.03 Å². The molecule has 0 aromatic carbocycles. The number of hydrogen-bond acceptors (Lipinski definition) is 4. The molecule has 1 aliphatic rings. The van der Waals surface area contributed by atoms with Gasteiger partial charge in [-0.1, -0.05) is 11.6 Å². The van der Waals surface area contributed by atoms with Gasteiger partial charge in [0.15, 0.2) is 0 Å². The molecule has 0 atom stereocenters. The molecule has 1 fully saturated rings. The fraction of sp³-hybridized carbons (Fsp3) is 0.700. The molecule has 102 valence electrons. The van der Waals surface area contributed by atoms with Crippen LogP contribution in [-0.4, -0.2) is 48.6 Å². The minimum atomic E-state index is -3.63. The van der Waals surface area contributed by atoms with Gasteiger partial charge in [0.05, 0.1) is 6.33 Å². The van der Waals surface area contributed by atoms with E-state index in [1.165, 1.54) is 15.2 Å². The lowest BCUT2D eigenvalue weighted by atomic mass is 10.1. The van der Waals surface area contributed by atoms with Crippen LogP contribution < -0.4 is 0 Å². The van der Waals surface area contributed by atoms with Crippen molar-refractivity contribution in [2.75, 3.05) is 20.3 Å². The van der Waals surface area contributed by atoms with Crippen molar-refractivity contribution in [1.82, 2.24) is 13.9 Å². The van der Waals surface area contributed by atoms with Crippen LogP contribution in [-0.2, 0) is 21.8 Å². The number of aromatic nitrogens is 2. The average Bonchev–Trinajstić information content (AvgIpc) is 2.70. The first-order chi connectivity index (χ1) is 8.44. The monoisotopic (exact) mass is 293 g/mol. The van der Waals surface area contributed by atoms with E-state index >= 15 is 0 Å². The van der Waals surface area contributed by atoms with Crippen molar-refractivity contribution >= 4 is 21.6 Å². The molecule has 0 saturated carbocycles. The molecule has 18 heavy (non-hydrogen) atoms. The number of imidazole rings is 1. The van der Waals surface area contributed by atoms with Crippen molar-refractivity contribution in [2.45, 2.75) is 23.9 Å². The summed E-state index contributed by atoms with van der Waals surface area (Å²) < 4.78 is 32.8. The van der Waals surface area contributed by atoms with Crippen LogP contribution in [0.1, 0.15) is 12.8 Å². The summed E-state index contributed by atoms with van der Waals surface area (Å²) in [5, 5.41) is 0.0505. The highest BCUT2D eigenvalue weighted by molar-refractivity contribution is 7.89. The van der Waals surface area contributed by atoms with Gasteiger partial charge in [-0.15, -0.1) is 0 Å². The highest BCUT2D eigenvalue weighted by Gasteiger charge is 2.32. The maximum absolute atomic E-state index is 12.4. The maximum atomic E-state index is 12.4. The smallest absolute Gasteiger partial charge is 0.263 e. The van der Waals surface area contributed by atoms with Crippen molar-refractivity contribution in [1.29, 1.82) is 0 Å². The molecule has 1 aliphatic heterocycles. The molecule has 8 heteroatoms. The lowest BCUT2D eigenvalue weighted by Crippen LogP contribution is -2.40. The van der Waals surface area contributed by atoms with E-state index in [2.05, 4.69) is 4.98 Å². The summed E-state index contributed by atoms with van der Waals surface area (Å²) in [7, 11) is -0.413. The zero-order valence-electron chi connectivity index (χ0n) is 10.3. The summed E-state index contributed by atoms with van der Waals surface area (Å²) in [6, 6.07) is -0.0539. The van der Waals surface area contributed by atoms with Crippen LogP contribution in [0.2, 0.25) is 5.15 Å². The Morgan fingerprint density at radius 1 is 1.50 bits per heavy atom. The largest absolute Gasteiger partial charge is 0.381 e. The molecule has 1 aromatic rings. The molecule has 2 heterocycles. The molecule has 0 radical (unpaired) electrons. The van der Waals surface area contributed by atoms with Crippen molar-refractivity contribution in [3.63, 3.8) is 0 Å². The second-order valence-corrected chi connectivity index (χ2v) is 6.59. The lowest BCUT2D eigenvalue weighted by molar-refractivity contribution is 0.0631. The zero-order chi connectivity index (χ0) is 13.3. The Hall–Kier alpha value is -0.630. The molecular weight excluding hydrogens is 278 g/mol. The number of ether oxygens (including phenoxy) is 1. The number of rotatable bonds is 3. The van der Waals surface area contributed by atoms with Gasteiger partial charge >= 0.3 is 0 Å². The predicted octanol–water partition coefficient (Wildman–Crippen LogP) is 0.873. The third-order valence-corrected chi connectivity index (χ3v) is 5.56. The average molecular weight is 294 g/mol. The van der Waals surface area contributed by atoms with E-state index in [1.54, 1.807) is 14.1 Å². The van der Waals surface area contributed by atoms with E-state index in [1.807, 2.05) is 0 Å². The minimum absolute atomic E-state index is 0.0539. The molecule has 0 N–H and O–H groups in total. The Bertz CT molecular complexity index is 522. The second kappa shape index (κ2) is 5.16. The minimum Gasteiger partial charge on any atom is -0.381 e. The molecule has 0 unspecified atom stereocenters. The third kappa shape index (κ3) is 2.40. The Balaban J connectivity index is 2.27. The zero-order valence-corrected chi connectivity index (χ0v) is 11.9. The first kappa shape index (κ1) is 13.8.